The smallest absolute Gasteiger partial charge is 0.144 e. The number of aliphatic imine (C=N–C) groups is 2. The minimum absolute atomic E-state index is 0.211. The molecule has 3 heterocycles. The van der Waals surface area contributed by atoms with Gasteiger partial charge in [-0.25, -0.2) is 9.37 Å². The van der Waals surface area contributed by atoms with Crippen LogP contribution in [-0.4, -0.2) is 34.7 Å². The van der Waals surface area contributed by atoms with Crippen LogP contribution in [0, 0.1) is 12.7 Å². The van der Waals surface area contributed by atoms with Crippen molar-refractivity contribution in [2.75, 3.05) is 13.2 Å². The fourth-order valence-electron chi connectivity index (χ4n) is 3.61. The SMILES string of the molecule is C=c1/c(=C\N=C(C)C)nc(-c2ccoc2)n1C1CCOCC1.CC=Nc1ccc(F)cc1C. The summed E-state index contributed by atoms with van der Waals surface area (Å²) in [6, 6.07) is 6.84. The van der Waals surface area contributed by atoms with E-state index in [4.69, 9.17) is 14.1 Å². The van der Waals surface area contributed by atoms with Crippen LogP contribution in [0.3, 0.4) is 0 Å². The molecular weight excluding hydrogens is 419 g/mol. The molecule has 1 fully saturated rings. The van der Waals surface area contributed by atoms with Crippen LogP contribution in [0.25, 0.3) is 24.2 Å². The number of nitrogens with zero attached hydrogens (tertiary/aromatic N) is 4. The van der Waals surface area contributed by atoms with E-state index in [0.717, 1.165) is 65.1 Å². The molecule has 3 aromatic rings. The van der Waals surface area contributed by atoms with Gasteiger partial charge in [-0.15, -0.1) is 0 Å². The van der Waals surface area contributed by atoms with Gasteiger partial charge in [-0.05, 0) is 70.4 Å². The molecule has 0 aliphatic carbocycles. The van der Waals surface area contributed by atoms with Crippen LogP contribution < -0.4 is 10.7 Å². The van der Waals surface area contributed by atoms with Gasteiger partial charge in [-0.1, -0.05) is 6.58 Å². The number of rotatable bonds is 4. The number of hydrogen-bond donors (Lipinski definition) is 0. The number of halogens is 1. The quantitative estimate of drug-likeness (QED) is 0.527. The van der Waals surface area contributed by atoms with E-state index < -0.39 is 0 Å². The van der Waals surface area contributed by atoms with Crippen molar-refractivity contribution in [1.29, 1.82) is 0 Å². The average molecular weight is 451 g/mol. The van der Waals surface area contributed by atoms with Crippen molar-refractivity contribution in [3.05, 3.63) is 58.9 Å². The molecule has 2 aromatic heterocycles. The van der Waals surface area contributed by atoms with Crippen LogP contribution in [0.1, 0.15) is 45.2 Å². The first-order valence-corrected chi connectivity index (χ1v) is 11.0. The van der Waals surface area contributed by atoms with Crippen LogP contribution in [0.5, 0.6) is 0 Å². The molecule has 1 aliphatic rings. The number of ether oxygens (including phenoxy) is 1. The van der Waals surface area contributed by atoms with Crippen molar-refractivity contribution in [3.63, 3.8) is 0 Å². The third-order valence-electron chi connectivity index (χ3n) is 5.25. The molecule has 0 amide bonds. The number of furan rings is 1. The fourth-order valence-corrected chi connectivity index (χ4v) is 3.61. The van der Waals surface area contributed by atoms with E-state index in [9.17, 15) is 4.39 Å². The van der Waals surface area contributed by atoms with Crippen molar-refractivity contribution in [1.82, 2.24) is 9.55 Å². The highest BCUT2D eigenvalue weighted by Crippen LogP contribution is 2.25. The molecule has 1 aromatic carbocycles. The number of imidazole rings is 1. The van der Waals surface area contributed by atoms with Gasteiger partial charge in [-0.3, -0.25) is 9.98 Å². The zero-order chi connectivity index (χ0) is 23.8. The van der Waals surface area contributed by atoms with E-state index in [1.54, 1.807) is 31.0 Å². The monoisotopic (exact) mass is 450 g/mol. The molecular formula is C26H31FN4O2. The minimum atomic E-state index is -0.211. The molecule has 0 spiro atoms. The summed E-state index contributed by atoms with van der Waals surface area (Å²) in [5.41, 5.74) is 3.65. The summed E-state index contributed by atoms with van der Waals surface area (Å²) in [6.07, 6.45) is 8.81. The Labute approximate surface area is 193 Å². The molecule has 0 radical (unpaired) electrons. The van der Waals surface area contributed by atoms with E-state index in [2.05, 4.69) is 21.1 Å². The Morgan fingerprint density at radius 1 is 1.24 bits per heavy atom. The molecule has 4 rings (SSSR count). The second kappa shape index (κ2) is 11.5. The second-order valence-electron chi connectivity index (χ2n) is 8.02. The molecule has 0 N–H and O–H groups in total. The molecule has 1 saturated heterocycles. The highest BCUT2D eigenvalue weighted by molar-refractivity contribution is 5.81. The lowest BCUT2D eigenvalue weighted by Crippen LogP contribution is -2.33. The van der Waals surface area contributed by atoms with Crippen LogP contribution in [0.2, 0.25) is 0 Å². The van der Waals surface area contributed by atoms with Crippen LogP contribution in [-0.2, 0) is 4.74 Å². The molecule has 0 bridgehead atoms. The molecule has 0 unspecified atom stereocenters. The van der Waals surface area contributed by atoms with Gasteiger partial charge in [0.2, 0.25) is 0 Å². The van der Waals surface area contributed by atoms with Crippen molar-refractivity contribution in [2.24, 2.45) is 9.98 Å². The van der Waals surface area contributed by atoms with Gasteiger partial charge in [0.25, 0.3) is 0 Å². The maximum absolute atomic E-state index is 12.5. The van der Waals surface area contributed by atoms with Gasteiger partial charge < -0.3 is 13.7 Å². The Hall–Kier alpha value is -3.32. The maximum Gasteiger partial charge on any atom is 0.144 e. The zero-order valence-electron chi connectivity index (χ0n) is 19.7. The van der Waals surface area contributed by atoms with Gasteiger partial charge >= 0.3 is 0 Å². The Morgan fingerprint density at radius 2 is 2.00 bits per heavy atom. The van der Waals surface area contributed by atoms with E-state index >= 15 is 0 Å². The molecule has 0 saturated carbocycles. The number of aromatic nitrogens is 2. The maximum atomic E-state index is 12.5. The van der Waals surface area contributed by atoms with Gasteiger partial charge in [0.15, 0.2) is 0 Å². The molecule has 1 aliphatic heterocycles. The summed E-state index contributed by atoms with van der Waals surface area (Å²) in [5, 5.41) is 1.71. The Kier molecular flexibility index (Phi) is 8.49. The highest BCUT2D eigenvalue weighted by Gasteiger charge is 2.21. The summed E-state index contributed by atoms with van der Waals surface area (Å²) in [6.45, 7) is 13.4. The molecule has 33 heavy (non-hydrogen) atoms. The molecule has 174 valence electrons. The van der Waals surface area contributed by atoms with E-state index in [0.29, 0.717) is 6.04 Å². The Balaban J connectivity index is 0.000000235. The molecule has 6 nitrogen and oxygen atoms in total. The normalized spacial score (nSPS) is 14.9. The zero-order valence-corrected chi connectivity index (χ0v) is 19.7. The van der Waals surface area contributed by atoms with Crippen molar-refractivity contribution in [3.8, 4) is 11.4 Å². The lowest BCUT2D eigenvalue weighted by atomic mass is 10.1. The third-order valence-corrected chi connectivity index (χ3v) is 5.25. The summed E-state index contributed by atoms with van der Waals surface area (Å²) >= 11 is 0. The lowest BCUT2D eigenvalue weighted by Gasteiger charge is -2.25. The van der Waals surface area contributed by atoms with Gasteiger partial charge in [0.05, 0.1) is 29.1 Å². The van der Waals surface area contributed by atoms with Gasteiger partial charge in [0, 0.05) is 31.2 Å². The Bertz CT molecular complexity index is 1220. The van der Waals surface area contributed by atoms with Gasteiger partial charge in [-0.2, -0.15) is 0 Å². The van der Waals surface area contributed by atoms with Crippen molar-refractivity contribution < 1.29 is 13.5 Å². The standard InChI is InChI=1S/C17H21N3O2.C9H10FN/c1-12(2)18-10-16-13(3)20(15-5-8-21-9-6-15)17(19-16)14-4-7-22-11-14;1-3-11-9-5-4-8(10)6-7(9)2/h4,7,10-11,15H,3,5-6,8-9H2,1-2H3;3-6H,1-2H3/b16-10+;. The first-order valence-electron chi connectivity index (χ1n) is 11.0. The predicted octanol–water partition coefficient (Wildman–Crippen LogP) is 4.98. The first kappa shape index (κ1) is 24.3. The highest BCUT2D eigenvalue weighted by atomic mass is 19.1. The number of benzene rings is 1. The van der Waals surface area contributed by atoms with Crippen LogP contribution in [0.4, 0.5) is 10.1 Å². The summed E-state index contributed by atoms with van der Waals surface area (Å²) in [4.78, 5) is 13.2. The summed E-state index contributed by atoms with van der Waals surface area (Å²) in [7, 11) is 0. The van der Waals surface area contributed by atoms with Crippen molar-refractivity contribution in [2.45, 2.75) is 46.6 Å². The van der Waals surface area contributed by atoms with E-state index in [-0.39, 0.29) is 5.82 Å². The van der Waals surface area contributed by atoms with Crippen molar-refractivity contribution >= 4 is 30.4 Å². The Morgan fingerprint density at radius 3 is 2.61 bits per heavy atom. The first-order chi connectivity index (χ1) is 15.9. The van der Waals surface area contributed by atoms with Crippen LogP contribution >= 0.6 is 0 Å². The summed E-state index contributed by atoms with van der Waals surface area (Å²) < 4.78 is 25.4. The molecule has 0 atom stereocenters. The minimum Gasteiger partial charge on any atom is -0.472 e. The predicted molar refractivity (Wildman–Crippen MR) is 132 cm³/mol. The lowest BCUT2D eigenvalue weighted by molar-refractivity contribution is 0.0693. The average Bonchev–Trinajstić information content (AvgIpc) is 3.43. The number of hydrogen-bond acceptors (Lipinski definition) is 5. The van der Waals surface area contributed by atoms with Crippen LogP contribution in [0.15, 0.2) is 51.2 Å². The fraction of sp³-hybridized carbons (Fsp3) is 0.346. The van der Waals surface area contributed by atoms with E-state index in [1.807, 2.05) is 33.8 Å². The molecule has 7 heteroatoms. The summed E-state index contributed by atoms with van der Waals surface area (Å²) in [5.74, 6) is 0.679. The van der Waals surface area contributed by atoms with E-state index in [1.165, 1.54) is 12.1 Å². The van der Waals surface area contributed by atoms with Gasteiger partial charge in [0.1, 0.15) is 23.3 Å². The third kappa shape index (κ3) is 6.35. The second-order valence-corrected chi connectivity index (χ2v) is 8.02. The number of aryl methyl sites for hydroxylation is 1. The largest absolute Gasteiger partial charge is 0.472 e. The topological polar surface area (TPSA) is 64.9 Å².